The van der Waals surface area contributed by atoms with Crippen LogP contribution in [0.2, 0.25) is 0 Å². The van der Waals surface area contributed by atoms with E-state index in [0.717, 1.165) is 25.3 Å². The van der Waals surface area contributed by atoms with E-state index in [4.69, 9.17) is 14.3 Å². The van der Waals surface area contributed by atoms with Crippen molar-refractivity contribution in [2.75, 3.05) is 13.2 Å². The molecular weight excluding hydrogens is 495 g/mol. The van der Waals surface area contributed by atoms with Crippen molar-refractivity contribution in [3.05, 3.63) is 64.0 Å². The number of aliphatic hydroxyl groups is 1. The molecule has 3 aromatic rings. The molecule has 0 amide bonds. The van der Waals surface area contributed by atoms with Gasteiger partial charge in [0.25, 0.3) is 0 Å². The molecule has 202 valence electrons. The first kappa shape index (κ1) is 28.6. The summed E-state index contributed by atoms with van der Waals surface area (Å²) in [5.74, 6) is -2.60. The lowest BCUT2D eigenvalue weighted by Crippen LogP contribution is -2.17. The number of ether oxygens (including phenoxy) is 1. The van der Waals surface area contributed by atoms with Crippen LogP contribution in [-0.2, 0) is 12.6 Å². The van der Waals surface area contributed by atoms with Gasteiger partial charge in [-0.1, -0.05) is 31.9 Å². The molecule has 4 nitrogen and oxygen atoms in total. The number of alkyl halides is 5. The van der Waals surface area contributed by atoms with Crippen molar-refractivity contribution in [2.24, 2.45) is 0 Å². The molecule has 3 rings (SSSR count). The van der Waals surface area contributed by atoms with Gasteiger partial charge in [-0.3, -0.25) is 0 Å². The van der Waals surface area contributed by atoms with Crippen LogP contribution in [0.25, 0.3) is 22.1 Å². The molecule has 0 unspecified atom stereocenters. The Morgan fingerprint density at radius 3 is 2.35 bits per heavy atom. The molecule has 0 saturated carbocycles. The van der Waals surface area contributed by atoms with Gasteiger partial charge in [0.1, 0.15) is 11.3 Å². The van der Waals surface area contributed by atoms with Gasteiger partial charge in [-0.05, 0) is 55.5 Å². The summed E-state index contributed by atoms with van der Waals surface area (Å²) < 4.78 is 79.8. The molecule has 9 heteroatoms. The highest BCUT2D eigenvalue weighted by atomic mass is 19.4. The van der Waals surface area contributed by atoms with E-state index >= 15 is 0 Å². The smallest absolute Gasteiger partial charge is 0.417 e. The number of hydrogen-bond acceptors (Lipinski definition) is 4. The van der Waals surface area contributed by atoms with Gasteiger partial charge >= 0.3 is 11.8 Å². The van der Waals surface area contributed by atoms with Gasteiger partial charge in [0.05, 0.1) is 17.7 Å². The van der Waals surface area contributed by atoms with Crippen LogP contribution < -0.4 is 10.4 Å². The van der Waals surface area contributed by atoms with E-state index in [-0.39, 0.29) is 48.5 Å². The Bertz CT molecular complexity index is 1230. The highest BCUT2D eigenvalue weighted by molar-refractivity contribution is 5.83. The fourth-order valence-electron chi connectivity index (χ4n) is 4.15. The number of aliphatic hydroxyl groups excluding tert-OH is 1. The van der Waals surface area contributed by atoms with Crippen molar-refractivity contribution in [3.63, 3.8) is 0 Å². The summed E-state index contributed by atoms with van der Waals surface area (Å²) >= 11 is 0. The zero-order valence-electron chi connectivity index (χ0n) is 20.7. The van der Waals surface area contributed by atoms with E-state index in [1.165, 1.54) is 24.3 Å². The molecule has 0 bridgehead atoms. The first-order valence-corrected chi connectivity index (χ1v) is 12.4. The van der Waals surface area contributed by atoms with Crippen molar-refractivity contribution in [3.8, 4) is 16.9 Å². The monoisotopic (exact) mass is 526 g/mol. The summed E-state index contributed by atoms with van der Waals surface area (Å²) in [7, 11) is 0. The van der Waals surface area contributed by atoms with Crippen LogP contribution in [-0.4, -0.2) is 24.2 Å². The predicted octanol–water partition coefficient (Wildman–Crippen LogP) is 7.78. The average Bonchev–Trinajstić information content (AvgIpc) is 2.84. The average molecular weight is 527 g/mol. The molecule has 0 aliphatic heterocycles. The molecule has 0 saturated heterocycles. The lowest BCUT2D eigenvalue weighted by atomic mass is 9.95. The van der Waals surface area contributed by atoms with Crippen LogP contribution in [0.15, 0.2) is 51.7 Å². The molecule has 0 atom stereocenters. The maximum Gasteiger partial charge on any atom is 0.417 e. The molecule has 2 aromatic carbocycles. The Balaban J connectivity index is 1.79. The Kier molecular flexibility index (Phi) is 9.70. The second-order valence-corrected chi connectivity index (χ2v) is 9.12. The maximum absolute atomic E-state index is 13.9. The SMILES string of the molecule is CCCCCc1ccc(-c2cc3ccc(OCCCC(F)(F)CCCO)cc3oc2=O)c(C(F)(F)F)c1. The van der Waals surface area contributed by atoms with E-state index < -0.39 is 36.1 Å². The summed E-state index contributed by atoms with van der Waals surface area (Å²) in [5, 5.41) is 9.10. The number of fused-ring (bicyclic) bond motifs is 1. The maximum atomic E-state index is 13.9. The van der Waals surface area contributed by atoms with Gasteiger partial charge in [-0.25, -0.2) is 13.6 Å². The van der Waals surface area contributed by atoms with Crippen molar-refractivity contribution in [2.45, 2.75) is 70.4 Å². The highest BCUT2D eigenvalue weighted by Gasteiger charge is 2.35. The zero-order chi connectivity index (χ0) is 27.1. The molecule has 1 heterocycles. The Labute approximate surface area is 212 Å². The predicted molar refractivity (Wildman–Crippen MR) is 132 cm³/mol. The number of halogens is 5. The van der Waals surface area contributed by atoms with Crippen LogP contribution in [0.1, 0.15) is 63.0 Å². The molecule has 0 fully saturated rings. The van der Waals surface area contributed by atoms with Crippen LogP contribution in [0, 0.1) is 0 Å². The van der Waals surface area contributed by atoms with Crippen molar-refractivity contribution < 1.29 is 36.2 Å². The van der Waals surface area contributed by atoms with Gasteiger partial charge in [-0.15, -0.1) is 0 Å². The topological polar surface area (TPSA) is 59.7 Å². The van der Waals surface area contributed by atoms with E-state index in [9.17, 15) is 26.7 Å². The summed E-state index contributed by atoms with van der Waals surface area (Å²) in [5.41, 5.74) is -1.57. The first-order chi connectivity index (χ1) is 17.5. The molecule has 0 radical (unpaired) electrons. The molecule has 0 spiro atoms. The molecule has 1 aromatic heterocycles. The minimum atomic E-state index is -4.65. The normalized spacial score (nSPS) is 12.3. The van der Waals surface area contributed by atoms with Gasteiger partial charge in [0.2, 0.25) is 5.92 Å². The minimum absolute atomic E-state index is 0.00207. The Morgan fingerprint density at radius 2 is 1.65 bits per heavy atom. The van der Waals surface area contributed by atoms with Crippen LogP contribution in [0.3, 0.4) is 0 Å². The van der Waals surface area contributed by atoms with Gasteiger partial charge < -0.3 is 14.3 Å². The van der Waals surface area contributed by atoms with E-state index in [2.05, 4.69) is 0 Å². The standard InChI is InChI=1S/C28H31F5O4/c1-2-3-4-7-19-8-11-22(24(16-19)28(31,32)33)23-17-20-9-10-21(18-25(20)37-26(23)35)36-15-6-13-27(29,30)12-5-14-34/h8-11,16-18,34H,2-7,12-15H2,1H3. The fourth-order valence-corrected chi connectivity index (χ4v) is 4.15. The largest absolute Gasteiger partial charge is 0.493 e. The van der Waals surface area contributed by atoms with E-state index in [1.54, 1.807) is 12.1 Å². The van der Waals surface area contributed by atoms with Gasteiger partial charge in [0, 0.05) is 36.5 Å². The summed E-state index contributed by atoms with van der Waals surface area (Å²) in [6.45, 7) is 1.72. The third-order valence-corrected chi connectivity index (χ3v) is 6.11. The fraction of sp³-hybridized carbons (Fsp3) is 0.464. The quantitative estimate of drug-likeness (QED) is 0.140. The summed E-state index contributed by atoms with van der Waals surface area (Å²) in [6, 6.07) is 9.86. The number of rotatable bonds is 13. The van der Waals surface area contributed by atoms with E-state index in [0.29, 0.717) is 17.4 Å². The number of aryl methyl sites for hydroxylation is 1. The lowest BCUT2D eigenvalue weighted by molar-refractivity contribution is -0.137. The number of unbranched alkanes of at least 4 members (excludes halogenated alkanes) is 2. The molecule has 1 N–H and O–H groups in total. The van der Waals surface area contributed by atoms with Gasteiger partial charge in [-0.2, -0.15) is 13.2 Å². The zero-order valence-corrected chi connectivity index (χ0v) is 20.7. The second kappa shape index (κ2) is 12.5. The minimum Gasteiger partial charge on any atom is -0.493 e. The number of hydrogen-bond donors (Lipinski definition) is 1. The number of benzene rings is 2. The van der Waals surface area contributed by atoms with Crippen LogP contribution >= 0.6 is 0 Å². The molecule has 37 heavy (non-hydrogen) atoms. The lowest BCUT2D eigenvalue weighted by Gasteiger charge is -2.16. The summed E-state index contributed by atoms with van der Waals surface area (Å²) in [6.07, 6.45) is -2.17. The Hall–Kier alpha value is -2.94. The van der Waals surface area contributed by atoms with Crippen molar-refractivity contribution >= 4 is 11.0 Å². The van der Waals surface area contributed by atoms with Gasteiger partial charge in [0.15, 0.2) is 0 Å². The first-order valence-electron chi connectivity index (χ1n) is 12.4. The van der Waals surface area contributed by atoms with Crippen LogP contribution in [0.4, 0.5) is 22.0 Å². The van der Waals surface area contributed by atoms with Crippen molar-refractivity contribution in [1.29, 1.82) is 0 Å². The highest BCUT2D eigenvalue weighted by Crippen LogP contribution is 2.38. The van der Waals surface area contributed by atoms with E-state index in [1.807, 2.05) is 6.92 Å². The Morgan fingerprint density at radius 1 is 0.892 bits per heavy atom. The third-order valence-electron chi connectivity index (χ3n) is 6.11. The summed E-state index contributed by atoms with van der Waals surface area (Å²) in [4.78, 5) is 12.7. The van der Waals surface area contributed by atoms with Crippen LogP contribution in [0.5, 0.6) is 5.75 Å². The second-order valence-electron chi connectivity index (χ2n) is 9.12. The third kappa shape index (κ3) is 8.02. The molecule has 0 aliphatic rings. The molecule has 0 aliphatic carbocycles. The van der Waals surface area contributed by atoms with Crippen molar-refractivity contribution in [1.82, 2.24) is 0 Å². The molecular formula is C28H31F5O4.